The van der Waals surface area contributed by atoms with Crippen LogP contribution in [0.1, 0.15) is 24.9 Å². The van der Waals surface area contributed by atoms with Gasteiger partial charge < -0.3 is 10.2 Å². The number of halogens is 1. The molecule has 3 rings (SSSR count). The summed E-state index contributed by atoms with van der Waals surface area (Å²) in [6.45, 7) is 2.89. The smallest absolute Gasteiger partial charge is 0.222 e. The predicted octanol–water partition coefficient (Wildman–Crippen LogP) is 2.30. The Bertz CT molecular complexity index is 779. The molecule has 1 atom stereocenters. The molecule has 6 nitrogen and oxygen atoms in total. The number of anilines is 2. The van der Waals surface area contributed by atoms with Crippen molar-refractivity contribution < 1.29 is 9.18 Å². The lowest BCUT2D eigenvalue weighted by Crippen LogP contribution is -2.22. The van der Waals surface area contributed by atoms with E-state index in [2.05, 4.69) is 15.3 Å². The highest BCUT2D eigenvalue weighted by Crippen LogP contribution is 2.29. The molecule has 0 bridgehead atoms. The first-order valence-electron chi connectivity index (χ1n) is 7.34. The SMILES string of the molecule is CC(=O)Nc1ccn(C2CCN(c3ccc(F)cc3C#N)C2)n1. The third-order valence-electron chi connectivity index (χ3n) is 3.87. The van der Waals surface area contributed by atoms with Crippen LogP contribution < -0.4 is 10.2 Å². The van der Waals surface area contributed by atoms with Crippen LogP contribution in [0, 0.1) is 17.1 Å². The molecule has 1 unspecified atom stereocenters. The molecule has 1 fully saturated rings. The molecule has 1 amide bonds. The number of carbonyl (C=O) groups excluding carboxylic acids is 1. The lowest BCUT2D eigenvalue weighted by Gasteiger charge is -2.20. The Morgan fingerprint density at radius 3 is 3.04 bits per heavy atom. The Hall–Kier alpha value is -2.88. The lowest BCUT2D eigenvalue weighted by molar-refractivity contribution is -0.114. The van der Waals surface area contributed by atoms with Crippen LogP contribution in [0.25, 0.3) is 0 Å². The third-order valence-corrected chi connectivity index (χ3v) is 3.87. The molecule has 0 saturated carbocycles. The minimum atomic E-state index is -0.409. The number of rotatable bonds is 3. The van der Waals surface area contributed by atoms with Crippen LogP contribution in [0.15, 0.2) is 30.5 Å². The van der Waals surface area contributed by atoms with E-state index < -0.39 is 5.82 Å². The molecule has 0 spiro atoms. The van der Waals surface area contributed by atoms with Crippen LogP contribution in [-0.4, -0.2) is 28.8 Å². The van der Waals surface area contributed by atoms with Crippen molar-refractivity contribution in [1.29, 1.82) is 5.26 Å². The van der Waals surface area contributed by atoms with Gasteiger partial charge in [-0.15, -0.1) is 0 Å². The highest BCUT2D eigenvalue weighted by Gasteiger charge is 2.26. The molecule has 1 aliphatic heterocycles. The molecule has 2 heterocycles. The van der Waals surface area contributed by atoms with Gasteiger partial charge in [0.25, 0.3) is 0 Å². The number of benzene rings is 1. The topological polar surface area (TPSA) is 74.0 Å². The third kappa shape index (κ3) is 3.16. The minimum Gasteiger partial charge on any atom is -0.368 e. The molecule has 23 heavy (non-hydrogen) atoms. The molecule has 1 aliphatic rings. The largest absolute Gasteiger partial charge is 0.368 e. The molecule has 1 N–H and O–H groups in total. The zero-order valence-electron chi connectivity index (χ0n) is 12.7. The van der Waals surface area contributed by atoms with Crippen molar-refractivity contribution in [2.75, 3.05) is 23.3 Å². The number of nitrogens with one attached hydrogen (secondary N) is 1. The molecule has 1 saturated heterocycles. The average Bonchev–Trinajstić information content (AvgIpc) is 3.15. The van der Waals surface area contributed by atoms with Gasteiger partial charge in [0.15, 0.2) is 5.82 Å². The average molecular weight is 313 g/mol. The van der Waals surface area contributed by atoms with Crippen LogP contribution in [0.2, 0.25) is 0 Å². The number of nitrogens with zero attached hydrogens (tertiary/aromatic N) is 4. The van der Waals surface area contributed by atoms with Gasteiger partial charge in [-0.2, -0.15) is 10.4 Å². The van der Waals surface area contributed by atoms with Gasteiger partial charge in [-0.25, -0.2) is 4.39 Å². The van der Waals surface area contributed by atoms with Crippen molar-refractivity contribution in [2.24, 2.45) is 0 Å². The van der Waals surface area contributed by atoms with E-state index in [1.54, 1.807) is 12.1 Å². The molecule has 118 valence electrons. The van der Waals surface area contributed by atoms with Gasteiger partial charge in [0.1, 0.15) is 11.9 Å². The zero-order chi connectivity index (χ0) is 16.4. The second-order valence-electron chi connectivity index (χ2n) is 5.52. The Labute approximate surface area is 133 Å². The van der Waals surface area contributed by atoms with Crippen LogP contribution in [0.3, 0.4) is 0 Å². The Morgan fingerprint density at radius 2 is 2.30 bits per heavy atom. The summed E-state index contributed by atoms with van der Waals surface area (Å²) in [5.41, 5.74) is 1.08. The first kappa shape index (κ1) is 15.0. The van der Waals surface area contributed by atoms with Crippen LogP contribution in [0.4, 0.5) is 15.9 Å². The molecular formula is C16H16FN5O. The maximum atomic E-state index is 13.3. The maximum Gasteiger partial charge on any atom is 0.222 e. The van der Waals surface area contributed by atoms with Crippen LogP contribution in [0.5, 0.6) is 0 Å². The summed E-state index contributed by atoms with van der Waals surface area (Å²) >= 11 is 0. The summed E-state index contributed by atoms with van der Waals surface area (Å²) in [6.07, 6.45) is 2.69. The van der Waals surface area contributed by atoms with E-state index >= 15 is 0 Å². The van der Waals surface area contributed by atoms with E-state index in [0.717, 1.165) is 18.7 Å². The van der Waals surface area contributed by atoms with Crippen molar-refractivity contribution in [3.05, 3.63) is 41.8 Å². The van der Waals surface area contributed by atoms with Gasteiger partial charge in [0, 0.05) is 32.3 Å². The summed E-state index contributed by atoms with van der Waals surface area (Å²) in [4.78, 5) is 13.1. The summed E-state index contributed by atoms with van der Waals surface area (Å²) in [5.74, 6) is -0.0446. The number of nitriles is 1. The molecule has 0 radical (unpaired) electrons. The number of hydrogen-bond acceptors (Lipinski definition) is 4. The van der Waals surface area contributed by atoms with E-state index in [0.29, 0.717) is 17.9 Å². The summed E-state index contributed by atoms with van der Waals surface area (Å²) in [7, 11) is 0. The summed E-state index contributed by atoms with van der Waals surface area (Å²) < 4.78 is 15.1. The fourth-order valence-electron chi connectivity index (χ4n) is 2.84. The quantitative estimate of drug-likeness (QED) is 0.943. The second kappa shape index (κ2) is 6.08. The van der Waals surface area contributed by atoms with Crippen LogP contribution >= 0.6 is 0 Å². The van der Waals surface area contributed by atoms with Crippen LogP contribution in [-0.2, 0) is 4.79 Å². The van der Waals surface area contributed by atoms with Gasteiger partial charge in [-0.3, -0.25) is 9.48 Å². The number of amides is 1. The number of hydrogen-bond donors (Lipinski definition) is 1. The van der Waals surface area contributed by atoms with Crippen molar-refractivity contribution >= 4 is 17.4 Å². The standard InChI is InChI=1S/C16H16FN5O/c1-11(23)19-16-5-7-22(20-16)14-4-6-21(10-14)15-3-2-13(17)8-12(15)9-18/h2-3,5,7-8,14H,4,6,10H2,1H3,(H,19,20,23). The van der Waals surface area contributed by atoms with Gasteiger partial charge in [0.2, 0.25) is 5.91 Å². The van der Waals surface area contributed by atoms with Crippen molar-refractivity contribution in [3.63, 3.8) is 0 Å². The fourth-order valence-corrected chi connectivity index (χ4v) is 2.84. The molecule has 2 aromatic rings. The second-order valence-corrected chi connectivity index (χ2v) is 5.52. The normalized spacial score (nSPS) is 17.1. The van der Waals surface area contributed by atoms with Crippen molar-refractivity contribution in [1.82, 2.24) is 9.78 Å². The first-order valence-corrected chi connectivity index (χ1v) is 7.34. The van der Waals surface area contributed by atoms with Gasteiger partial charge in [-0.1, -0.05) is 0 Å². The molecule has 0 aliphatic carbocycles. The van der Waals surface area contributed by atoms with E-state index in [9.17, 15) is 14.4 Å². The summed E-state index contributed by atoms with van der Waals surface area (Å²) in [5, 5.41) is 16.2. The van der Waals surface area contributed by atoms with Gasteiger partial charge in [-0.05, 0) is 24.6 Å². The van der Waals surface area contributed by atoms with Crippen molar-refractivity contribution in [2.45, 2.75) is 19.4 Å². The van der Waals surface area contributed by atoms with E-state index in [1.165, 1.54) is 19.1 Å². The zero-order valence-corrected chi connectivity index (χ0v) is 12.7. The van der Waals surface area contributed by atoms with Gasteiger partial charge in [0.05, 0.1) is 17.3 Å². The Morgan fingerprint density at radius 1 is 1.48 bits per heavy atom. The predicted molar refractivity (Wildman–Crippen MR) is 83.5 cm³/mol. The molecule has 7 heteroatoms. The maximum absolute atomic E-state index is 13.3. The van der Waals surface area contributed by atoms with E-state index in [4.69, 9.17) is 0 Å². The summed E-state index contributed by atoms with van der Waals surface area (Å²) in [6, 6.07) is 8.21. The first-order chi connectivity index (χ1) is 11.1. The molecular weight excluding hydrogens is 297 g/mol. The highest BCUT2D eigenvalue weighted by molar-refractivity contribution is 5.87. The molecule has 1 aromatic carbocycles. The Kier molecular flexibility index (Phi) is 3.98. The highest BCUT2D eigenvalue weighted by atomic mass is 19.1. The van der Waals surface area contributed by atoms with Gasteiger partial charge >= 0.3 is 0 Å². The Balaban J connectivity index is 1.75. The minimum absolute atomic E-state index is 0.147. The lowest BCUT2D eigenvalue weighted by atomic mass is 10.1. The monoisotopic (exact) mass is 313 g/mol. The number of aromatic nitrogens is 2. The fraction of sp³-hybridized carbons (Fsp3) is 0.312. The van der Waals surface area contributed by atoms with E-state index in [-0.39, 0.29) is 11.9 Å². The molecule has 1 aromatic heterocycles. The van der Waals surface area contributed by atoms with Crippen molar-refractivity contribution in [3.8, 4) is 6.07 Å². The van der Waals surface area contributed by atoms with E-state index in [1.807, 2.05) is 16.9 Å². The number of carbonyl (C=O) groups is 1.